The van der Waals surface area contributed by atoms with E-state index in [-0.39, 0.29) is 17.9 Å². The number of hydrogen-bond acceptors (Lipinski definition) is 6. The van der Waals surface area contributed by atoms with Crippen molar-refractivity contribution in [2.24, 2.45) is 0 Å². The molecule has 1 aliphatic rings. The third-order valence-electron chi connectivity index (χ3n) is 6.91. The van der Waals surface area contributed by atoms with Crippen LogP contribution in [0.25, 0.3) is 11.0 Å². The average Bonchev–Trinajstić information content (AvgIpc) is 3.51. The number of fused-ring (bicyclic) bond motifs is 1. The van der Waals surface area contributed by atoms with Gasteiger partial charge in [-0.15, -0.1) is 0 Å². The number of Topliss-reactive ketones (excluding diaryl/α,β-unsaturated/α-hetero) is 1. The second-order valence-electron chi connectivity index (χ2n) is 9.53. The van der Waals surface area contributed by atoms with Crippen molar-refractivity contribution in [3.63, 3.8) is 0 Å². The topological polar surface area (TPSA) is 89.2 Å². The van der Waals surface area contributed by atoms with Gasteiger partial charge in [-0.3, -0.25) is 9.59 Å². The molecule has 4 aromatic rings. The largest absolute Gasteiger partial charge is 0.503 e. The summed E-state index contributed by atoms with van der Waals surface area (Å²) in [4.78, 5) is 28.8. The minimum Gasteiger partial charge on any atom is -0.503 e. The van der Waals surface area contributed by atoms with Gasteiger partial charge in [-0.1, -0.05) is 74.4 Å². The van der Waals surface area contributed by atoms with Crippen molar-refractivity contribution in [2.75, 3.05) is 13.7 Å². The van der Waals surface area contributed by atoms with E-state index in [1.54, 1.807) is 18.2 Å². The highest BCUT2D eigenvalue weighted by Crippen LogP contribution is 2.41. The molecule has 1 atom stereocenters. The molecule has 0 saturated carbocycles. The number of aliphatic hydroxyl groups is 1. The Bertz CT molecular complexity index is 1500. The maximum atomic E-state index is 13.9. The van der Waals surface area contributed by atoms with E-state index >= 15 is 0 Å². The first-order valence-electron chi connectivity index (χ1n) is 13.1. The van der Waals surface area contributed by atoms with E-state index in [1.165, 1.54) is 12.0 Å². The fourth-order valence-electron chi connectivity index (χ4n) is 4.91. The molecule has 200 valence electrons. The number of benzene rings is 3. The molecular weight excluding hydrogens is 494 g/mol. The number of amides is 1. The Balaban J connectivity index is 1.51. The molecule has 7 nitrogen and oxygen atoms in total. The van der Waals surface area contributed by atoms with E-state index in [4.69, 9.17) is 13.9 Å². The summed E-state index contributed by atoms with van der Waals surface area (Å²) in [5.74, 6) is -0.525. The number of aliphatic hydroxyl groups excluding tert-OH is 1. The van der Waals surface area contributed by atoms with E-state index in [0.717, 1.165) is 24.8 Å². The number of methoxy groups -OCH3 is 1. The van der Waals surface area contributed by atoms with Gasteiger partial charge in [-0.2, -0.15) is 0 Å². The molecule has 1 aliphatic heterocycles. The Morgan fingerprint density at radius 3 is 2.49 bits per heavy atom. The zero-order chi connectivity index (χ0) is 27.4. The summed E-state index contributed by atoms with van der Waals surface area (Å²) in [5, 5.41) is 11.7. The van der Waals surface area contributed by atoms with Gasteiger partial charge in [-0.25, -0.2) is 0 Å². The SMILES string of the molecule is CCCCCOc1ccc(C2C(C(=O)c3cc4cccc(OC)c4o3)=C(O)C(=O)N2Cc2ccccc2)cc1. The third kappa shape index (κ3) is 5.25. The number of hydrogen-bond donors (Lipinski definition) is 1. The van der Waals surface area contributed by atoms with Crippen LogP contribution in [-0.2, 0) is 11.3 Å². The molecule has 3 aromatic carbocycles. The molecule has 0 bridgehead atoms. The van der Waals surface area contributed by atoms with E-state index < -0.39 is 23.5 Å². The van der Waals surface area contributed by atoms with Crippen LogP contribution >= 0.6 is 0 Å². The average molecular weight is 526 g/mol. The van der Waals surface area contributed by atoms with E-state index in [0.29, 0.717) is 34.6 Å². The predicted octanol–water partition coefficient (Wildman–Crippen LogP) is 6.79. The number of nitrogens with zero attached hydrogens (tertiary/aromatic N) is 1. The van der Waals surface area contributed by atoms with E-state index in [1.807, 2.05) is 60.7 Å². The van der Waals surface area contributed by atoms with Crippen LogP contribution < -0.4 is 9.47 Å². The number of carbonyl (C=O) groups is 2. The van der Waals surface area contributed by atoms with Crippen molar-refractivity contribution in [3.05, 3.63) is 107 Å². The quantitative estimate of drug-likeness (QED) is 0.171. The maximum Gasteiger partial charge on any atom is 0.290 e. The van der Waals surface area contributed by atoms with Crippen LogP contribution in [-0.4, -0.2) is 35.4 Å². The van der Waals surface area contributed by atoms with Gasteiger partial charge in [0.25, 0.3) is 5.91 Å². The van der Waals surface area contributed by atoms with Gasteiger partial charge in [0, 0.05) is 11.9 Å². The van der Waals surface area contributed by atoms with Crippen LogP contribution in [0.1, 0.15) is 53.9 Å². The summed E-state index contributed by atoms with van der Waals surface area (Å²) in [6.45, 7) is 2.98. The molecular formula is C32H31NO6. The van der Waals surface area contributed by atoms with Crippen LogP contribution in [0.4, 0.5) is 0 Å². The fraction of sp³-hybridized carbons (Fsp3) is 0.250. The number of furan rings is 1. The molecule has 0 fully saturated rings. The van der Waals surface area contributed by atoms with Crippen molar-refractivity contribution in [1.82, 2.24) is 4.90 Å². The number of ether oxygens (including phenoxy) is 2. The molecule has 1 amide bonds. The fourth-order valence-corrected chi connectivity index (χ4v) is 4.91. The minimum atomic E-state index is -0.811. The van der Waals surface area contributed by atoms with Crippen LogP contribution in [0.5, 0.6) is 11.5 Å². The zero-order valence-electron chi connectivity index (χ0n) is 22.1. The predicted molar refractivity (Wildman–Crippen MR) is 148 cm³/mol. The minimum absolute atomic E-state index is 0.0197. The summed E-state index contributed by atoms with van der Waals surface area (Å²) in [5.41, 5.74) is 1.96. The van der Waals surface area contributed by atoms with Gasteiger partial charge in [0.15, 0.2) is 22.9 Å². The zero-order valence-corrected chi connectivity index (χ0v) is 22.1. The molecule has 7 heteroatoms. The number of unbranched alkanes of at least 4 members (excludes halogenated alkanes) is 2. The number of rotatable bonds is 11. The summed E-state index contributed by atoms with van der Waals surface area (Å²) in [7, 11) is 1.53. The van der Waals surface area contributed by atoms with Gasteiger partial charge in [-0.05, 0) is 41.8 Å². The van der Waals surface area contributed by atoms with Gasteiger partial charge in [0.05, 0.1) is 25.3 Å². The Morgan fingerprint density at radius 2 is 1.77 bits per heavy atom. The van der Waals surface area contributed by atoms with Crippen LogP contribution in [0.15, 0.2) is 94.6 Å². The number of ketones is 1. The highest BCUT2D eigenvalue weighted by atomic mass is 16.5. The standard InChI is InChI=1S/C32H31NO6/c1-3-4-8-18-38-24-16-14-22(15-17-24)28-27(30(35)32(36)33(28)20-21-10-6-5-7-11-21)29(34)26-19-23-12-9-13-25(37-2)31(23)39-26/h5-7,9-17,19,28,35H,3-4,8,18,20H2,1-2H3. The van der Waals surface area contributed by atoms with E-state index in [2.05, 4.69) is 6.92 Å². The van der Waals surface area contributed by atoms with E-state index in [9.17, 15) is 14.7 Å². The summed E-state index contributed by atoms with van der Waals surface area (Å²) < 4.78 is 17.1. The third-order valence-corrected chi connectivity index (χ3v) is 6.91. The summed E-state index contributed by atoms with van der Waals surface area (Å²) >= 11 is 0. The number of carbonyl (C=O) groups excluding carboxylic acids is 2. The molecule has 5 rings (SSSR count). The van der Waals surface area contributed by atoms with Gasteiger partial charge >= 0.3 is 0 Å². The van der Waals surface area contributed by atoms with Crippen molar-refractivity contribution in [1.29, 1.82) is 0 Å². The summed E-state index contributed by atoms with van der Waals surface area (Å²) in [6, 6.07) is 22.9. The van der Waals surface area contributed by atoms with Gasteiger partial charge in [0.2, 0.25) is 5.78 Å². The van der Waals surface area contributed by atoms with Crippen molar-refractivity contribution < 1.29 is 28.6 Å². The Morgan fingerprint density at radius 1 is 1.00 bits per heavy atom. The Labute approximate surface area is 227 Å². The van der Waals surface area contributed by atoms with Gasteiger partial charge < -0.3 is 23.9 Å². The molecule has 1 aromatic heterocycles. The number of para-hydroxylation sites is 1. The lowest BCUT2D eigenvalue weighted by Crippen LogP contribution is -2.30. The molecule has 1 unspecified atom stereocenters. The van der Waals surface area contributed by atoms with Crippen LogP contribution in [0, 0.1) is 0 Å². The van der Waals surface area contributed by atoms with Crippen LogP contribution in [0.2, 0.25) is 0 Å². The second kappa shape index (κ2) is 11.5. The maximum absolute atomic E-state index is 13.9. The van der Waals surface area contributed by atoms with Crippen molar-refractivity contribution in [3.8, 4) is 11.5 Å². The molecule has 0 aliphatic carbocycles. The lowest BCUT2D eigenvalue weighted by atomic mass is 9.94. The monoisotopic (exact) mass is 525 g/mol. The Kier molecular flexibility index (Phi) is 7.68. The van der Waals surface area contributed by atoms with Crippen molar-refractivity contribution in [2.45, 2.75) is 38.8 Å². The molecule has 2 heterocycles. The van der Waals surface area contributed by atoms with Crippen LogP contribution in [0.3, 0.4) is 0 Å². The first-order chi connectivity index (χ1) is 19.0. The first kappa shape index (κ1) is 26.1. The molecule has 0 saturated heterocycles. The highest BCUT2D eigenvalue weighted by Gasteiger charge is 2.44. The highest BCUT2D eigenvalue weighted by molar-refractivity contribution is 6.16. The molecule has 39 heavy (non-hydrogen) atoms. The molecule has 1 N–H and O–H groups in total. The smallest absolute Gasteiger partial charge is 0.290 e. The first-order valence-corrected chi connectivity index (χ1v) is 13.1. The second-order valence-corrected chi connectivity index (χ2v) is 9.53. The summed E-state index contributed by atoms with van der Waals surface area (Å²) in [6.07, 6.45) is 3.18. The molecule has 0 spiro atoms. The normalized spacial score (nSPS) is 15.3. The molecule has 0 radical (unpaired) electrons. The Hall–Kier alpha value is -4.52. The lowest BCUT2D eigenvalue weighted by molar-refractivity contribution is -0.130. The van der Waals surface area contributed by atoms with Gasteiger partial charge in [0.1, 0.15) is 5.75 Å². The lowest BCUT2D eigenvalue weighted by Gasteiger charge is -2.27. The van der Waals surface area contributed by atoms with Crippen molar-refractivity contribution >= 4 is 22.7 Å².